The topological polar surface area (TPSA) is 79.4 Å². The number of nitrogens with one attached hydrogen (secondary N) is 1. The van der Waals surface area contributed by atoms with Crippen LogP contribution < -0.4 is 5.73 Å². The van der Waals surface area contributed by atoms with Crippen molar-refractivity contribution in [1.29, 1.82) is 5.41 Å². The van der Waals surface area contributed by atoms with Crippen molar-refractivity contribution in [3.8, 4) is 0 Å². The highest BCUT2D eigenvalue weighted by molar-refractivity contribution is 5.91. The Morgan fingerprint density at radius 3 is 2.27 bits per heavy atom. The van der Waals surface area contributed by atoms with Gasteiger partial charge in [-0.15, -0.1) is 0 Å². The zero-order valence-electron chi connectivity index (χ0n) is 10.1. The van der Waals surface area contributed by atoms with E-state index in [-0.39, 0.29) is 12.0 Å². The summed E-state index contributed by atoms with van der Waals surface area (Å²) < 4.78 is 5.15. The molecule has 1 unspecified atom stereocenters. The zero-order chi connectivity index (χ0) is 12.2. The zero-order valence-corrected chi connectivity index (χ0v) is 10.1. The maximum Gasteiger partial charge on any atom is 0.417 e. The van der Waals surface area contributed by atoms with E-state index >= 15 is 0 Å². The Morgan fingerprint density at radius 2 is 2.00 bits per heavy atom. The van der Waals surface area contributed by atoms with Crippen LogP contribution in [0.15, 0.2) is 0 Å². The first kappa shape index (κ1) is 13.7. The fourth-order valence-corrected chi connectivity index (χ4v) is 1.01. The van der Waals surface area contributed by atoms with Gasteiger partial charge in [-0.25, -0.2) is 9.69 Å². The van der Waals surface area contributed by atoms with E-state index in [1.807, 2.05) is 13.8 Å². The molecule has 5 heteroatoms. The molecule has 0 aromatic carbocycles. The molecular formula is C10H21N3O2. The molecule has 0 spiro atoms. The summed E-state index contributed by atoms with van der Waals surface area (Å²) in [5.41, 5.74) is 4.77. The first-order chi connectivity index (χ1) is 6.69. The Hall–Kier alpha value is -1.26. The van der Waals surface area contributed by atoms with Crippen molar-refractivity contribution in [2.75, 3.05) is 0 Å². The first-order valence-electron chi connectivity index (χ1n) is 5.05. The molecule has 1 atom stereocenters. The molecule has 0 radical (unpaired) electrons. The largest absolute Gasteiger partial charge is 0.443 e. The van der Waals surface area contributed by atoms with Crippen LogP contribution in [0.2, 0.25) is 0 Å². The van der Waals surface area contributed by atoms with Crippen LogP contribution in [0.25, 0.3) is 0 Å². The summed E-state index contributed by atoms with van der Waals surface area (Å²) in [5.74, 6) is -0.279. The van der Waals surface area contributed by atoms with Gasteiger partial charge in [-0.1, -0.05) is 6.92 Å². The molecule has 0 heterocycles. The lowest BCUT2D eigenvalue weighted by atomic mass is 10.2. The number of rotatable bonds is 2. The van der Waals surface area contributed by atoms with E-state index in [4.69, 9.17) is 15.9 Å². The quantitative estimate of drug-likeness (QED) is 0.545. The highest BCUT2D eigenvalue weighted by Gasteiger charge is 2.27. The third kappa shape index (κ3) is 4.67. The summed E-state index contributed by atoms with van der Waals surface area (Å²) in [7, 11) is 0. The van der Waals surface area contributed by atoms with Crippen LogP contribution in [0.4, 0.5) is 4.79 Å². The second-order valence-corrected chi connectivity index (χ2v) is 4.49. The van der Waals surface area contributed by atoms with Gasteiger partial charge in [0.15, 0.2) is 5.96 Å². The van der Waals surface area contributed by atoms with Gasteiger partial charge in [0.25, 0.3) is 0 Å². The number of ether oxygens (including phenoxy) is 1. The summed E-state index contributed by atoms with van der Waals surface area (Å²) >= 11 is 0. The molecule has 1 amide bonds. The van der Waals surface area contributed by atoms with Crippen LogP contribution in [0.1, 0.15) is 41.0 Å². The lowest BCUT2D eigenvalue weighted by Crippen LogP contribution is -2.48. The van der Waals surface area contributed by atoms with Crippen molar-refractivity contribution >= 4 is 12.1 Å². The Kier molecular flexibility index (Phi) is 4.58. The third-order valence-electron chi connectivity index (χ3n) is 1.88. The number of amides is 1. The molecular weight excluding hydrogens is 194 g/mol. The Morgan fingerprint density at radius 1 is 1.53 bits per heavy atom. The van der Waals surface area contributed by atoms with Crippen LogP contribution in [0.5, 0.6) is 0 Å². The average molecular weight is 215 g/mol. The molecule has 0 aromatic rings. The summed E-state index contributed by atoms with van der Waals surface area (Å²) in [4.78, 5) is 12.8. The summed E-state index contributed by atoms with van der Waals surface area (Å²) in [5, 5.41) is 7.33. The number of carbonyl (C=O) groups is 1. The molecule has 3 N–H and O–H groups in total. The number of guanidine groups is 1. The number of nitrogens with zero attached hydrogens (tertiary/aromatic N) is 1. The van der Waals surface area contributed by atoms with Gasteiger partial charge in [-0.05, 0) is 34.1 Å². The van der Waals surface area contributed by atoms with E-state index in [1.165, 1.54) is 0 Å². The van der Waals surface area contributed by atoms with Gasteiger partial charge < -0.3 is 10.5 Å². The van der Waals surface area contributed by atoms with Gasteiger partial charge in [0.1, 0.15) is 5.60 Å². The minimum Gasteiger partial charge on any atom is -0.443 e. The molecule has 0 saturated heterocycles. The predicted octanol–water partition coefficient (Wildman–Crippen LogP) is 1.92. The van der Waals surface area contributed by atoms with Crippen LogP contribution in [0.3, 0.4) is 0 Å². The summed E-state index contributed by atoms with van der Waals surface area (Å²) in [6.07, 6.45) is 0.156. The Labute approximate surface area is 91.1 Å². The number of nitrogens with two attached hydrogens (primary N) is 1. The van der Waals surface area contributed by atoms with Crippen molar-refractivity contribution < 1.29 is 9.53 Å². The third-order valence-corrected chi connectivity index (χ3v) is 1.88. The minimum atomic E-state index is -0.571. The molecule has 5 nitrogen and oxygen atoms in total. The van der Waals surface area contributed by atoms with Crippen molar-refractivity contribution in [2.24, 2.45) is 5.73 Å². The SMILES string of the molecule is CCC(C)N(C(=N)N)C(=O)OC(C)(C)C. The molecule has 0 aliphatic heterocycles. The molecule has 0 aliphatic carbocycles. The summed E-state index contributed by atoms with van der Waals surface area (Å²) in [6, 6.07) is -0.127. The molecule has 15 heavy (non-hydrogen) atoms. The molecule has 0 aliphatic rings. The van der Waals surface area contributed by atoms with Crippen molar-refractivity contribution in [1.82, 2.24) is 4.90 Å². The monoisotopic (exact) mass is 215 g/mol. The molecule has 0 bridgehead atoms. The number of hydrogen-bond donors (Lipinski definition) is 2. The van der Waals surface area contributed by atoms with E-state index < -0.39 is 11.7 Å². The molecule has 0 rings (SSSR count). The smallest absolute Gasteiger partial charge is 0.417 e. The van der Waals surface area contributed by atoms with E-state index in [9.17, 15) is 4.79 Å². The van der Waals surface area contributed by atoms with Gasteiger partial charge in [0, 0.05) is 6.04 Å². The second-order valence-electron chi connectivity index (χ2n) is 4.49. The predicted molar refractivity (Wildman–Crippen MR) is 59.7 cm³/mol. The fourth-order valence-electron chi connectivity index (χ4n) is 1.01. The van der Waals surface area contributed by atoms with Crippen LogP contribution >= 0.6 is 0 Å². The maximum atomic E-state index is 11.7. The second kappa shape index (κ2) is 5.00. The Balaban J connectivity index is 4.65. The summed E-state index contributed by atoms with van der Waals surface area (Å²) in [6.45, 7) is 9.08. The fraction of sp³-hybridized carbons (Fsp3) is 0.800. The number of carbonyl (C=O) groups excluding carboxylic acids is 1. The normalized spacial score (nSPS) is 13.1. The molecule has 88 valence electrons. The van der Waals surface area contributed by atoms with E-state index in [0.717, 1.165) is 11.3 Å². The van der Waals surface area contributed by atoms with Gasteiger partial charge in [0.05, 0.1) is 0 Å². The van der Waals surface area contributed by atoms with Gasteiger partial charge in [0.2, 0.25) is 0 Å². The van der Waals surface area contributed by atoms with Crippen LogP contribution in [-0.2, 0) is 4.74 Å². The Bertz CT molecular complexity index is 246. The molecule has 0 saturated carbocycles. The van der Waals surface area contributed by atoms with Crippen LogP contribution in [-0.4, -0.2) is 28.6 Å². The number of hydrogen-bond acceptors (Lipinski definition) is 3. The van der Waals surface area contributed by atoms with Crippen LogP contribution in [0, 0.1) is 5.41 Å². The highest BCUT2D eigenvalue weighted by Crippen LogP contribution is 2.12. The van der Waals surface area contributed by atoms with E-state index in [0.29, 0.717) is 0 Å². The van der Waals surface area contributed by atoms with Crippen molar-refractivity contribution in [3.05, 3.63) is 0 Å². The lowest BCUT2D eigenvalue weighted by Gasteiger charge is -2.29. The average Bonchev–Trinajstić information content (AvgIpc) is 1.99. The lowest BCUT2D eigenvalue weighted by molar-refractivity contribution is 0.0316. The highest BCUT2D eigenvalue weighted by atomic mass is 16.6. The molecule has 0 aromatic heterocycles. The van der Waals surface area contributed by atoms with E-state index in [2.05, 4.69) is 0 Å². The van der Waals surface area contributed by atoms with Crippen molar-refractivity contribution in [2.45, 2.75) is 52.7 Å². The van der Waals surface area contributed by atoms with Gasteiger partial charge in [-0.3, -0.25) is 5.41 Å². The maximum absolute atomic E-state index is 11.7. The van der Waals surface area contributed by atoms with Gasteiger partial charge in [-0.2, -0.15) is 0 Å². The van der Waals surface area contributed by atoms with Crippen molar-refractivity contribution in [3.63, 3.8) is 0 Å². The van der Waals surface area contributed by atoms with Gasteiger partial charge >= 0.3 is 6.09 Å². The standard InChI is InChI=1S/C10H21N3O2/c1-6-7(2)13(8(11)12)9(14)15-10(3,4)5/h7H,6H2,1-5H3,(H3,11,12). The molecule has 0 fully saturated rings. The first-order valence-corrected chi connectivity index (χ1v) is 5.05. The minimum absolute atomic E-state index is 0.127. The van der Waals surface area contributed by atoms with E-state index in [1.54, 1.807) is 20.8 Å².